The molecule has 1 aromatic heterocycles. The van der Waals surface area contributed by atoms with Crippen LogP contribution in [0.5, 0.6) is 0 Å². The molecule has 0 unspecified atom stereocenters. The number of hydrogen-bond acceptors (Lipinski definition) is 3. The molecule has 1 amide bonds. The first kappa shape index (κ1) is 11.6. The zero-order valence-electron chi connectivity index (χ0n) is 9.48. The maximum atomic E-state index is 11.8. The molecule has 0 saturated carbocycles. The Hall–Kier alpha value is -1.85. The van der Waals surface area contributed by atoms with Crippen molar-refractivity contribution in [2.75, 3.05) is 6.54 Å². The highest BCUT2D eigenvalue weighted by atomic mass is 16.4. The van der Waals surface area contributed by atoms with E-state index < -0.39 is 5.97 Å². The number of aromatic nitrogens is 2. The monoisotopic (exact) mass is 237 g/mol. The van der Waals surface area contributed by atoms with Crippen LogP contribution in [0.3, 0.4) is 0 Å². The van der Waals surface area contributed by atoms with E-state index >= 15 is 0 Å². The van der Waals surface area contributed by atoms with Crippen molar-refractivity contribution in [1.29, 1.82) is 0 Å². The zero-order valence-corrected chi connectivity index (χ0v) is 9.48. The SMILES string of the molecule is O=C(O)CCNC(=O)c1cnn2c1CCCC2. The van der Waals surface area contributed by atoms with Crippen molar-refractivity contribution in [2.45, 2.75) is 32.2 Å². The predicted molar refractivity (Wildman–Crippen MR) is 59.8 cm³/mol. The zero-order chi connectivity index (χ0) is 12.3. The van der Waals surface area contributed by atoms with Crippen molar-refractivity contribution in [1.82, 2.24) is 15.1 Å². The Bertz CT molecular complexity index is 439. The molecular formula is C11H15N3O3. The highest BCUT2D eigenvalue weighted by Gasteiger charge is 2.19. The maximum Gasteiger partial charge on any atom is 0.305 e. The molecule has 92 valence electrons. The summed E-state index contributed by atoms with van der Waals surface area (Å²) >= 11 is 0. The van der Waals surface area contributed by atoms with E-state index in [1.807, 2.05) is 4.68 Å². The number of amides is 1. The number of aryl methyl sites for hydroxylation is 1. The molecule has 0 aromatic carbocycles. The van der Waals surface area contributed by atoms with Crippen molar-refractivity contribution in [3.63, 3.8) is 0 Å². The third kappa shape index (κ3) is 2.64. The van der Waals surface area contributed by atoms with Gasteiger partial charge in [0.1, 0.15) is 0 Å². The van der Waals surface area contributed by atoms with Crippen LogP contribution in [0.2, 0.25) is 0 Å². The number of fused-ring (bicyclic) bond motifs is 1. The lowest BCUT2D eigenvalue weighted by atomic mass is 10.1. The van der Waals surface area contributed by atoms with Gasteiger partial charge >= 0.3 is 5.97 Å². The quantitative estimate of drug-likeness (QED) is 0.795. The lowest BCUT2D eigenvalue weighted by Gasteiger charge is -2.14. The van der Waals surface area contributed by atoms with Gasteiger partial charge in [0.25, 0.3) is 5.91 Å². The number of carboxylic acids is 1. The number of aliphatic carboxylic acids is 1. The van der Waals surface area contributed by atoms with E-state index in [1.54, 1.807) is 6.20 Å². The normalized spacial score (nSPS) is 14.1. The number of rotatable bonds is 4. The van der Waals surface area contributed by atoms with Crippen LogP contribution in [0, 0.1) is 0 Å². The maximum absolute atomic E-state index is 11.8. The predicted octanol–water partition coefficient (Wildman–Crippen LogP) is 0.424. The van der Waals surface area contributed by atoms with Crippen LogP contribution >= 0.6 is 0 Å². The average molecular weight is 237 g/mol. The molecule has 1 aliphatic heterocycles. The van der Waals surface area contributed by atoms with Crippen molar-refractivity contribution < 1.29 is 14.7 Å². The van der Waals surface area contributed by atoms with Crippen LogP contribution in [0.1, 0.15) is 35.3 Å². The van der Waals surface area contributed by atoms with Gasteiger partial charge < -0.3 is 10.4 Å². The molecule has 6 heteroatoms. The van der Waals surface area contributed by atoms with Crippen molar-refractivity contribution >= 4 is 11.9 Å². The fraction of sp³-hybridized carbons (Fsp3) is 0.545. The summed E-state index contributed by atoms with van der Waals surface area (Å²) in [6.45, 7) is 1.01. The van der Waals surface area contributed by atoms with E-state index in [9.17, 15) is 9.59 Å². The van der Waals surface area contributed by atoms with Crippen LogP contribution in [0.15, 0.2) is 6.20 Å². The average Bonchev–Trinajstić information content (AvgIpc) is 2.72. The molecule has 2 heterocycles. The summed E-state index contributed by atoms with van der Waals surface area (Å²) in [7, 11) is 0. The molecule has 1 aromatic rings. The fourth-order valence-corrected chi connectivity index (χ4v) is 1.99. The largest absolute Gasteiger partial charge is 0.481 e. The summed E-state index contributed by atoms with van der Waals surface area (Å²) < 4.78 is 1.86. The minimum Gasteiger partial charge on any atom is -0.481 e. The molecule has 2 rings (SSSR count). The van der Waals surface area contributed by atoms with Crippen LogP contribution in [0.25, 0.3) is 0 Å². The Labute approximate surface area is 98.6 Å². The molecule has 17 heavy (non-hydrogen) atoms. The summed E-state index contributed by atoms with van der Waals surface area (Å²) in [4.78, 5) is 22.1. The highest BCUT2D eigenvalue weighted by molar-refractivity contribution is 5.95. The van der Waals surface area contributed by atoms with Gasteiger partial charge in [-0.1, -0.05) is 0 Å². The minimum atomic E-state index is -0.915. The van der Waals surface area contributed by atoms with Gasteiger partial charge in [-0.3, -0.25) is 14.3 Å². The van der Waals surface area contributed by atoms with Crippen LogP contribution < -0.4 is 5.32 Å². The second kappa shape index (κ2) is 4.99. The Morgan fingerprint density at radius 3 is 3.06 bits per heavy atom. The van der Waals surface area contributed by atoms with E-state index in [0.29, 0.717) is 5.56 Å². The Kier molecular flexibility index (Phi) is 3.41. The third-order valence-corrected chi connectivity index (χ3v) is 2.85. The number of carbonyl (C=O) groups is 2. The second-order valence-corrected chi connectivity index (χ2v) is 4.08. The van der Waals surface area contributed by atoms with Gasteiger partial charge in [0.05, 0.1) is 23.9 Å². The molecule has 0 saturated heterocycles. The Balaban J connectivity index is 1.99. The van der Waals surface area contributed by atoms with Gasteiger partial charge in [0, 0.05) is 13.1 Å². The molecule has 1 aliphatic rings. The number of nitrogens with zero attached hydrogens (tertiary/aromatic N) is 2. The molecular weight excluding hydrogens is 222 g/mol. The van der Waals surface area contributed by atoms with Gasteiger partial charge in [0.15, 0.2) is 0 Å². The third-order valence-electron chi connectivity index (χ3n) is 2.85. The standard InChI is InChI=1S/C11H15N3O3/c15-10(16)4-5-12-11(17)8-7-13-14-6-2-1-3-9(8)14/h7H,1-6H2,(H,12,17)(H,15,16). The lowest BCUT2D eigenvalue weighted by molar-refractivity contribution is -0.136. The van der Waals surface area contributed by atoms with Crippen molar-refractivity contribution in [3.05, 3.63) is 17.5 Å². The lowest BCUT2D eigenvalue weighted by Crippen LogP contribution is -2.27. The van der Waals surface area contributed by atoms with Crippen LogP contribution in [0.4, 0.5) is 0 Å². The number of carbonyl (C=O) groups excluding carboxylic acids is 1. The Morgan fingerprint density at radius 1 is 1.47 bits per heavy atom. The van der Waals surface area contributed by atoms with E-state index in [1.165, 1.54) is 0 Å². The highest BCUT2D eigenvalue weighted by Crippen LogP contribution is 2.17. The van der Waals surface area contributed by atoms with E-state index in [4.69, 9.17) is 5.11 Å². The number of hydrogen-bond donors (Lipinski definition) is 2. The van der Waals surface area contributed by atoms with Crippen molar-refractivity contribution in [2.24, 2.45) is 0 Å². The van der Waals surface area contributed by atoms with Crippen LogP contribution in [-0.4, -0.2) is 33.3 Å². The first-order valence-electron chi connectivity index (χ1n) is 5.73. The first-order valence-corrected chi connectivity index (χ1v) is 5.73. The smallest absolute Gasteiger partial charge is 0.305 e. The number of nitrogens with one attached hydrogen (secondary N) is 1. The second-order valence-electron chi connectivity index (χ2n) is 4.08. The molecule has 0 spiro atoms. The molecule has 0 radical (unpaired) electrons. The molecule has 0 atom stereocenters. The van der Waals surface area contributed by atoms with E-state index in [-0.39, 0.29) is 18.9 Å². The molecule has 0 aliphatic carbocycles. The van der Waals surface area contributed by atoms with Gasteiger partial charge in [-0.15, -0.1) is 0 Å². The van der Waals surface area contributed by atoms with E-state index in [2.05, 4.69) is 10.4 Å². The van der Waals surface area contributed by atoms with E-state index in [0.717, 1.165) is 31.5 Å². The fourth-order valence-electron chi connectivity index (χ4n) is 1.99. The first-order chi connectivity index (χ1) is 8.18. The van der Waals surface area contributed by atoms with Gasteiger partial charge in [-0.2, -0.15) is 5.10 Å². The summed E-state index contributed by atoms with van der Waals surface area (Å²) in [6.07, 6.45) is 4.53. The topological polar surface area (TPSA) is 84.2 Å². The summed E-state index contributed by atoms with van der Waals surface area (Å²) in [5, 5.41) is 15.2. The van der Waals surface area contributed by atoms with Gasteiger partial charge in [-0.05, 0) is 19.3 Å². The number of carboxylic acid groups (broad SMARTS) is 1. The summed E-state index contributed by atoms with van der Waals surface area (Å²) in [5.41, 5.74) is 1.54. The summed E-state index contributed by atoms with van der Waals surface area (Å²) in [6, 6.07) is 0. The minimum absolute atomic E-state index is 0.0603. The van der Waals surface area contributed by atoms with Gasteiger partial charge in [0.2, 0.25) is 0 Å². The molecule has 0 bridgehead atoms. The summed E-state index contributed by atoms with van der Waals surface area (Å²) in [5.74, 6) is -1.14. The van der Waals surface area contributed by atoms with Crippen LogP contribution in [-0.2, 0) is 17.8 Å². The molecule has 6 nitrogen and oxygen atoms in total. The van der Waals surface area contributed by atoms with Crippen molar-refractivity contribution in [3.8, 4) is 0 Å². The Morgan fingerprint density at radius 2 is 2.29 bits per heavy atom. The molecule has 0 fully saturated rings. The molecule has 2 N–H and O–H groups in total. The van der Waals surface area contributed by atoms with Gasteiger partial charge in [-0.25, -0.2) is 0 Å².